The Morgan fingerprint density at radius 1 is 0.963 bits per heavy atom. The third kappa shape index (κ3) is 3.34. The van der Waals surface area contributed by atoms with Crippen molar-refractivity contribution >= 4 is 17.6 Å². The average Bonchev–Trinajstić information content (AvgIpc) is 2.73. The van der Waals surface area contributed by atoms with E-state index in [1.807, 2.05) is 66.7 Å². The van der Waals surface area contributed by atoms with Crippen molar-refractivity contribution in [3.05, 3.63) is 101 Å². The van der Waals surface area contributed by atoms with Crippen molar-refractivity contribution in [2.24, 2.45) is 0 Å². The lowest BCUT2D eigenvalue weighted by atomic mass is 9.93. The Kier molecular flexibility index (Phi) is 4.47. The predicted molar refractivity (Wildman–Crippen MR) is 104 cm³/mol. The molecule has 0 saturated carbocycles. The van der Waals surface area contributed by atoms with Gasteiger partial charge in [0.05, 0.1) is 5.56 Å². The van der Waals surface area contributed by atoms with Gasteiger partial charge in [-0.15, -0.1) is 0 Å². The Labute approximate surface area is 158 Å². The normalized spacial score (nSPS) is 15.6. The highest BCUT2D eigenvalue weighted by Crippen LogP contribution is 2.31. The minimum Gasteiger partial charge on any atom is -0.454 e. The molecule has 0 saturated heterocycles. The second kappa shape index (κ2) is 7.08. The summed E-state index contributed by atoms with van der Waals surface area (Å²) in [6.07, 6.45) is 0.227. The summed E-state index contributed by atoms with van der Waals surface area (Å²) in [5.41, 5.74) is 3.70. The number of esters is 1. The number of amides is 1. The van der Waals surface area contributed by atoms with Crippen molar-refractivity contribution in [3.63, 3.8) is 0 Å². The first-order valence-corrected chi connectivity index (χ1v) is 8.85. The van der Waals surface area contributed by atoms with Crippen LogP contribution in [0.1, 0.15) is 37.9 Å². The molecular weight excluding hydrogens is 338 g/mol. The fourth-order valence-corrected chi connectivity index (χ4v) is 3.34. The number of carbonyl (C=O) groups excluding carboxylic acids is 2. The molecule has 4 rings (SSSR count). The van der Waals surface area contributed by atoms with Gasteiger partial charge in [-0.25, -0.2) is 4.79 Å². The SMILES string of the molecule is CN(C(=O)c1ccc2c(c1)C[C@@H](c1ccccc1)OC2=O)c1ccccc1. The summed E-state index contributed by atoms with van der Waals surface area (Å²) in [6, 6.07) is 24.3. The molecule has 134 valence electrons. The number of fused-ring (bicyclic) bond motifs is 1. The zero-order valence-corrected chi connectivity index (χ0v) is 15.0. The molecule has 1 aliphatic heterocycles. The molecule has 0 N–H and O–H groups in total. The fraction of sp³-hybridized carbons (Fsp3) is 0.130. The number of carbonyl (C=O) groups is 2. The minimum absolute atomic E-state index is 0.112. The zero-order valence-electron chi connectivity index (χ0n) is 15.0. The first kappa shape index (κ1) is 17.0. The molecule has 1 aliphatic rings. The molecule has 0 aliphatic carbocycles. The van der Waals surface area contributed by atoms with Crippen LogP contribution in [0.25, 0.3) is 0 Å². The first-order valence-electron chi connectivity index (χ1n) is 8.85. The van der Waals surface area contributed by atoms with Crippen LogP contribution in [0.5, 0.6) is 0 Å². The quantitative estimate of drug-likeness (QED) is 0.652. The van der Waals surface area contributed by atoms with E-state index in [1.165, 1.54) is 0 Å². The van der Waals surface area contributed by atoms with Gasteiger partial charge in [0.2, 0.25) is 0 Å². The maximum Gasteiger partial charge on any atom is 0.339 e. The van der Waals surface area contributed by atoms with Crippen LogP contribution in [-0.2, 0) is 11.2 Å². The van der Waals surface area contributed by atoms with Gasteiger partial charge in [0.25, 0.3) is 5.91 Å². The third-order valence-corrected chi connectivity index (χ3v) is 4.85. The van der Waals surface area contributed by atoms with Crippen LogP contribution < -0.4 is 4.90 Å². The number of benzene rings is 3. The number of para-hydroxylation sites is 1. The average molecular weight is 357 g/mol. The molecule has 0 radical (unpaired) electrons. The van der Waals surface area contributed by atoms with Gasteiger partial charge >= 0.3 is 5.97 Å². The van der Waals surface area contributed by atoms with Crippen LogP contribution in [0.15, 0.2) is 78.9 Å². The molecule has 0 bridgehead atoms. The van der Waals surface area contributed by atoms with Crippen molar-refractivity contribution in [3.8, 4) is 0 Å². The molecule has 0 unspecified atom stereocenters. The van der Waals surface area contributed by atoms with E-state index in [1.54, 1.807) is 24.1 Å². The van der Waals surface area contributed by atoms with Crippen LogP contribution in [0.3, 0.4) is 0 Å². The smallest absolute Gasteiger partial charge is 0.339 e. The topological polar surface area (TPSA) is 46.6 Å². The van der Waals surface area contributed by atoms with E-state index in [2.05, 4.69) is 0 Å². The van der Waals surface area contributed by atoms with Crippen LogP contribution in [0.2, 0.25) is 0 Å². The van der Waals surface area contributed by atoms with Gasteiger partial charge in [-0.05, 0) is 41.5 Å². The van der Waals surface area contributed by atoms with Gasteiger partial charge in [0.15, 0.2) is 0 Å². The van der Waals surface area contributed by atoms with Crippen LogP contribution in [-0.4, -0.2) is 18.9 Å². The molecule has 27 heavy (non-hydrogen) atoms. The monoisotopic (exact) mass is 357 g/mol. The summed E-state index contributed by atoms with van der Waals surface area (Å²) in [6.45, 7) is 0. The number of cyclic esters (lactones) is 1. The standard InChI is InChI=1S/C23H19NO3/c1-24(19-10-6-3-7-11-19)22(25)17-12-13-20-18(14-17)15-21(27-23(20)26)16-8-4-2-5-9-16/h2-14,21H,15H2,1H3/t21-/m0/s1. The molecule has 3 aromatic carbocycles. The molecule has 4 nitrogen and oxygen atoms in total. The van der Waals surface area contributed by atoms with Crippen molar-refractivity contribution in [1.29, 1.82) is 0 Å². The van der Waals surface area contributed by atoms with Gasteiger partial charge < -0.3 is 9.64 Å². The third-order valence-electron chi connectivity index (χ3n) is 4.85. The Balaban J connectivity index is 1.63. The maximum atomic E-state index is 12.9. The number of ether oxygens (including phenoxy) is 1. The highest BCUT2D eigenvalue weighted by atomic mass is 16.5. The Morgan fingerprint density at radius 2 is 1.63 bits per heavy atom. The lowest BCUT2D eigenvalue weighted by Crippen LogP contribution is -2.27. The molecule has 3 aromatic rings. The second-order valence-electron chi connectivity index (χ2n) is 6.58. The van der Waals surface area contributed by atoms with Gasteiger partial charge in [-0.1, -0.05) is 48.5 Å². The van der Waals surface area contributed by atoms with E-state index >= 15 is 0 Å². The molecule has 1 amide bonds. The summed E-state index contributed by atoms with van der Waals surface area (Å²) in [5.74, 6) is -0.459. The van der Waals surface area contributed by atoms with Crippen LogP contribution >= 0.6 is 0 Å². The van der Waals surface area contributed by atoms with Crippen LogP contribution in [0, 0.1) is 0 Å². The van der Waals surface area contributed by atoms with Crippen molar-refractivity contribution < 1.29 is 14.3 Å². The summed E-state index contributed by atoms with van der Waals surface area (Å²) >= 11 is 0. The van der Waals surface area contributed by atoms with Crippen LogP contribution in [0.4, 0.5) is 5.69 Å². The summed E-state index contributed by atoms with van der Waals surface area (Å²) in [4.78, 5) is 26.9. The summed E-state index contributed by atoms with van der Waals surface area (Å²) in [5, 5.41) is 0. The van der Waals surface area contributed by atoms with Crippen molar-refractivity contribution in [2.75, 3.05) is 11.9 Å². The van der Waals surface area contributed by atoms with Crippen molar-refractivity contribution in [1.82, 2.24) is 0 Å². The highest BCUT2D eigenvalue weighted by Gasteiger charge is 2.28. The number of hydrogen-bond acceptors (Lipinski definition) is 3. The lowest BCUT2D eigenvalue weighted by Gasteiger charge is -2.26. The first-order chi connectivity index (χ1) is 13.1. The molecule has 1 atom stereocenters. The zero-order chi connectivity index (χ0) is 18.8. The van der Waals surface area contributed by atoms with Gasteiger partial charge in [0, 0.05) is 24.7 Å². The molecule has 0 spiro atoms. The van der Waals surface area contributed by atoms with Gasteiger partial charge in [-0.3, -0.25) is 4.79 Å². The summed E-state index contributed by atoms with van der Waals surface area (Å²) < 4.78 is 5.58. The Morgan fingerprint density at radius 3 is 2.33 bits per heavy atom. The molecule has 0 aromatic heterocycles. The Hall–Kier alpha value is -3.40. The number of rotatable bonds is 3. The predicted octanol–water partition coefficient (Wildman–Crippen LogP) is 4.42. The van der Waals surface area contributed by atoms with Crippen molar-refractivity contribution in [2.45, 2.75) is 12.5 Å². The summed E-state index contributed by atoms with van der Waals surface area (Å²) in [7, 11) is 1.75. The van der Waals surface area contributed by atoms with Gasteiger partial charge in [0.1, 0.15) is 6.10 Å². The van der Waals surface area contributed by atoms with E-state index in [-0.39, 0.29) is 18.0 Å². The molecule has 1 heterocycles. The van der Waals surface area contributed by atoms with E-state index in [9.17, 15) is 9.59 Å². The van der Waals surface area contributed by atoms with E-state index in [0.29, 0.717) is 17.5 Å². The number of anilines is 1. The number of nitrogens with zero attached hydrogens (tertiary/aromatic N) is 1. The van der Waals surface area contributed by atoms with E-state index in [0.717, 1.165) is 16.8 Å². The van der Waals surface area contributed by atoms with E-state index < -0.39 is 0 Å². The lowest BCUT2D eigenvalue weighted by molar-refractivity contribution is 0.0252. The highest BCUT2D eigenvalue weighted by molar-refractivity contribution is 6.06. The maximum absolute atomic E-state index is 12.9. The number of hydrogen-bond donors (Lipinski definition) is 0. The Bertz CT molecular complexity index is 983. The largest absolute Gasteiger partial charge is 0.454 e. The fourth-order valence-electron chi connectivity index (χ4n) is 3.34. The van der Waals surface area contributed by atoms with E-state index in [4.69, 9.17) is 4.74 Å². The molecular formula is C23H19NO3. The van der Waals surface area contributed by atoms with Gasteiger partial charge in [-0.2, -0.15) is 0 Å². The second-order valence-corrected chi connectivity index (χ2v) is 6.58. The molecule has 0 fully saturated rings. The molecule has 4 heteroatoms. The minimum atomic E-state index is -0.347.